The number of allylic oxidation sites excluding steroid dienone is 2. The van der Waals surface area contributed by atoms with Gasteiger partial charge in [0.1, 0.15) is 5.54 Å². The molecule has 1 aromatic carbocycles. The summed E-state index contributed by atoms with van der Waals surface area (Å²) in [4.78, 5) is 10.8. The zero-order valence-electron chi connectivity index (χ0n) is 10.5. The Balaban J connectivity index is 2.30. The average Bonchev–Trinajstić information content (AvgIpc) is 2.31. The molecule has 0 heterocycles. The zero-order valence-corrected chi connectivity index (χ0v) is 12.1. The molecule has 0 aromatic heterocycles. The first-order valence-electron chi connectivity index (χ1n) is 5.95. The van der Waals surface area contributed by atoms with Crippen LogP contribution in [-0.4, -0.2) is 16.5 Å². The van der Waals surface area contributed by atoms with Gasteiger partial charge >= 0.3 is 0 Å². The lowest BCUT2D eigenvalue weighted by atomic mass is 9.80. The lowest BCUT2D eigenvalue weighted by Crippen LogP contribution is -2.54. The highest BCUT2D eigenvalue weighted by molar-refractivity contribution is 9.10. The van der Waals surface area contributed by atoms with Gasteiger partial charge in [0.15, 0.2) is 0 Å². The molecule has 5 heteroatoms. The van der Waals surface area contributed by atoms with Crippen LogP contribution in [0.3, 0.4) is 0 Å². The zero-order chi connectivity index (χ0) is 14.0. The van der Waals surface area contributed by atoms with E-state index in [9.17, 15) is 10.1 Å². The van der Waals surface area contributed by atoms with Gasteiger partial charge in [0.2, 0.25) is 0 Å². The molecule has 1 aromatic rings. The van der Waals surface area contributed by atoms with Crippen molar-refractivity contribution in [2.45, 2.75) is 24.9 Å². The van der Waals surface area contributed by atoms with Crippen LogP contribution >= 0.6 is 15.9 Å². The van der Waals surface area contributed by atoms with Crippen molar-refractivity contribution in [2.75, 3.05) is 0 Å². The van der Waals surface area contributed by atoms with Gasteiger partial charge in [0.25, 0.3) is 6.04 Å². The van der Waals surface area contributed by atoms with Gasteiger partial charge in [-0.15, -0.1) is 0 Å². The first-order chi connectivity index (χ1) is 8.90. The smallest absolute Gasteiger partial charge is 0.253 e. The Morgan fingerprint density at radius 1 is 1.42 bits per heavy atom. The van der Waals surface area contributed by atoms with Gasteiger partial charge in [-0.25, -0.2) is 0 Å². The van der Waals surface area contributed by atoms with Crippen molar-refractivity contribution in [3.8, 4) is 0 Å². The normalized spacial score (nSPS) is 26.1. The summed E-state index contributed by atoms with van der Waals surface area (Å²) in [5.74, 6) is 0. The fraction of sp³-hybridized carbons (Fsp3) is 0.286. The second kappa shape index (κ2) is 5.27. The van der Waals surface area contributed by atoms with Crippen molar-refractivity contribution in [3.05, 3.63) is 68.2 Å². The number of hydrogen-bond donors (Lipinski definition) is 1. The number of nitrogens with zero attached hydrogens (tertiary/aromatic N) is 1. The minimum Gasteiger partial charge on any atom is -0.316 e. The number of nitro groups is 1. The summed E-state index contributed by atoms with van der Waals surface area (Å²) < 4.78 is 0.975. The third kappa shape index (κ3) is 3.11. The van der Waals surface area contributed by atoms with Crippen molar-refractivity contribution in [1.82, 2.24) is 0 Å². The first kappa shape index (κ1) is 14.0. The van der Waals surface area contributed by atoms with Gasteiger partial charge in [-0.3, -0.25) is 10.1 Å². The van der Waals surface area contributed by atoms with Gasteiger partial charge < -0.3 is 5.73 Å². The van der Waals surface area contributed by atoms with Crippen LogP contribution < -0.4 is 5.73 Å². The van der Waals surface area contributed by atoms with E-state index < -0.39 is 11.6 Å². The molecule has 0 fully saturated rings. The lowest BCUT2D eigenvalue weighted by molar-refractivity contribution is -0.517. The van der Waals surface area contributed by atoms with Crippen LogP contribution in [0, 0.1) is 10.1 Å². The standard InChI is InChI=1S/C14H15BrN2O2/c1-10-2-7-13(17(18)19)14(16,8-10)9-11-3-5-12(15)6-4-11/h2-8,13H,9,16H2,1H3. The Bertz CT molecular complexity index is 551. The van der Waals surface area contributed by atoms with Gasteiger partial charge in [-0.2, -0.15) is 0 Å². The molecule has 19 heavy (non-hydrogen) atoms. The topological polar surface area (TPSA) is 69.2 Å². The van der Waals surface area contributed by atoms with Crippen molar-refractivity contribution < 1.29 is 4.92 Å². The second-order valence-electron chi connectivity index (χ2n) is 4.89. The van der Waals surface area contributed by atoms with Gasteiger partial charge in [-0.1, -0.05) is 45.8 Å². The lowest BCUT2D eigenvalue weighted by Gasteiger charge is -2.30. The minimum absolute atomic E-state index is 0.321. The summed E-state index contributed by atoms with van der Waals surface area (Å²) in [5.41, 5.74) is 7.25. The number of hydrogen-bond acceptors (Lipinski definition) is 3. The van der Waals surface area contributed by atoms with Crippen LogP contribution in [0.5, 0.6) is 0 Å². The molecule has 2 N–H and O–H groups in total. The van der Waals surface area contributed by atoms with E-state index in [4.69, 9.17) is 5.73 Å². The molecule has 0 aliphatic heterocycles. The molecule has 0 amide bonds. The summed E-state index contributed by atoms with van der Waals surface area (Å²) in [6, 6.07) is 6.79. The molecule has 4 nitrogen and oxygen atoms in total. The fourth-order valence-electron chi connectivity index (χ4n) is 2.36. The third-order valence-corrected chi connectivity index (χ3v) is 3.77. The van der Waals surface area contributed by atoms with E-state index in [1.54, 1.807) is 18.2 Å². The van der Waals surface area contributed by atoms with Crippen LogP contribution in [0.1, 0.15) is 12.5 Å². The van der Waals surface area contributed by atoms with Crippen LogP contribution in [0.4, 0.5) is 0 Å². The molecular weight excluding hydrogens is 308 g/mol. The monoisotopic (exact) mass is 322 g/mol. The van der Waals surface area contributed by atoms with E-state index >= 15 is 0 Å². The van der Waals surface area contributed by atoms with Gasteiger partial charge in [0.05, 0.1) is 0 Å². The Morgan fingerprint density at radius 2 is 2.05 bits per heavy atom. The summed E-state index contributed by atoms with van der Waals surface area (Å²) in [6.07, 6.45) is 5.56. The number of nitrogens with two attached hydrogens (primary N) is 1. The number of halogens is 1. The van der Waals surface area contributed by atoms with E-state index in [0.29, 0.717) is 6.42 Å². The SMILES string of the molecule is CC1=CC(N)(Cc2ccc(Br)cc2)C([N+](=O)[O-])C=C1. The molecule has 1 aliphatic carbocycles. The van der Waals surface area contributed by atoms with Crippen LogP contribution in [0.15, 0.2) is 52.5 Å². The molecule has 0 radical (unpaired) electrons. The molecule has 100 valence electrons. The Kier molecular flexibility index (Phi) is 3.87. The summed E-state index contributed by atoms with van der Waals surface area (Å²) in [5, 5.41) is 11.2. The van der Waals surface area contributed by atoms with E-state index in [1.807, 2.05) is 31.2 Å². The fourth-order valence-corrected chi connectivity index (χ4v) is 2.62. The van der Waals surface area contributed by atoms with Crippen molar-refractivity contribution >= 4 is 15.9 Å². The summed E-state index contributed by atoms with van der Waals surface area (Å²) in [6.45, 7) is 1.90. The number of rotatable bonds is 3. The van der Waals surface area contributed by atoms with E-state index in [0.717, 1.165) is 15.6 Å². The molecule has 2 atom stereocenters. The predicted octanol–water partition coefficient (Wildman–Crippen LogP) is 2.85. The summed E-state index contributed by atoms with van der Waals surface area (Å²) >= 11 is 3.37. The third-order valence-electron chi connectivity index (χ3n) is 3.24. The van der Waals surface area contributed by atoms with E-state index in [-0.39, 0.29) is 4.92 Å². The van der Waals surface area contributed by atoms with Gasteiger partial charge in [0, 0.05) is 15.8 Å². The highest BCUT2D eigenvalue weighted by Gasteiger charge is 2.41. The van der Waals surface area contributed by atoms with Crippen LogP contribution in [0.25, 0.3) is 0 Å². The highest BCUT2D eigenvalue weighted by Crippen LogP contribution is 2.26. The number of benzene rings is 1. The molecule has 0 spiro atoms. The highest BCUT2D eigenvalue weighted by atomic mass is 79.9. The molecule has 0 saturated heterocycles. The van der Waals surface area contributed by atoms with Crippen molar-refractivity contribution in [1.29, 1.82) is 0 Å². The summed E-state index contributed by atoms with van der Waals surface area (Å²) in [7, 11) is 0. The maximum Gasteiger partial charge on any atom is 0.253 e. The largest absolute Gasteiger partial charge is 0.316 e. The van der Waals surface area contributed by atoms with E-state index in [1.165, 1.54) is 0 Å². The Hall–Kier alpha value is -1.46. The molecular formula is C14H15BrN2O2. The Morgan fingerprint density at radius 3 is 2.63 bits per heavy atom. The molecule has 2 rings (SSSR count). The average molecular weight is 323 g/mol. The van der Waals surface area contributed by atoms with Crippen LogP contribution in [0.2, 0.25) is 0 Å². The molecule has 2 unspecified atom stereocenters. The minimum atomic E-state index is -0.976. The molecule has 0 bridgehead atoms. The first-order valence-corrected chi connectivity index (χ1v) is 6.74. The Labute approximate surface area is 120 Å². The molecule has 1 aliphatic rings. The van der Waals surface area contributed by atoms with Crippen molar-refractivity contribution in [3.63, 3.8) is 0 Å². The second-order valence-corrected chi connectivity index (χ2v) is 5.81. The quantitative estimate of drug-likeness (QED) is 0.687. The molecule has 0 saturated carbocycles. The van der Waals surface area contributed by atoms with Gasteiger partial charge in [-0.05, 0) is 30.7 Å². The predicted molar refractivity (Wildman–Crippen MR) is 78.4 cm³/mol. The van der Waals surface area contributed by atoms with Crippen molar-refractivity contribution in [2.24, 2.45) is 5.73 Å². The van der Waals surface area contributed by atoms with E-state index in [2.05, 4.69) is 15.9 Å². The maximum atomic E-state index is 11.2. The van der Waals surface area contributed by atoms with Crippen LogP contribution in [-0.2, 0) is 6.42 Å². The maximum absolute atomic E-state index is 11.2.